The van der Waals surface area contributed by atoms with Crippen molar-refractivity contribution in [3.05, 3.63) is 30.1 Å². The predicted molar refractivity (Wildman–Crippen MR) is 59.7 cm³/mol. The zero-order chi connectivity index (χ0) is 12.0. The van der Waals surface area contributed by atoms with Crippen molar-refractivity contribution < 1.29 is 14.3 Å². The minimum Gasteiger partial charge on any atom is -0.396 e. The number of carbonyl (C=O) groups excluding carboxylic acids is 1. The van der Waals surface area contributed by atoms with Crippen LogP contribution in [0.2, 0.25) is 0 Å². The van der Waals surface area contributed by atoms with Gasteiger partial charge in [-0.1, -0.05) is 6.07 Å². The summed E-state index contributed by atoms with van der Waals surface area (Å²) in [5, 5.41) is 13.8. The van der Waals surface area contributed by atoms with Crippen molar-refractivity contribution in [1.82, 2.24) is 5.32 Å². The fourth-order valence-corrected chi connectivity index (χ4v) is 1.22. The predicted octanol–water partition coefficient (Wildman–Crippen LogP) is 1.72. The molecular formula is C11H15FN2O2. The van der Waals surface area contributed by atoms with Gasteiger partial charge in [-0.2, -0.15) is 0 Å². The Bertz CT molecular complexity index is 358. The van der Waals surface area contributed by atoms with Crippen LogP contribution in [0.5, 0.6) is 0 Å². The maximum absolute atomic E-state index is 12.8. The van der Waals surface area contributed by atoms with Crippen molar-refractivity contribution in [2.75, 3.05) is 11.9 Å². The molecule has 0 radical (unpaired) electrons. The molecule has 0 aliphatic heterocycles. The number of halogens is 1. The lowest BCUT2D eigenvalue weighted by Crippen LogP contribution is -2.36. The Hall–Kier alpha value is -1.62. The van der Waals surface area contributed by atoms with Gasteiger partial charge in [0.25, 0.3) is 0 Å². The molecule has 0 aromatic heterocycles. The van der Waals surface area contributed by atoms with E-state index in [9.17, 15) is 9.18 Å². The zero-order valence-electron chi connectivity index (χ0n) is 9.03. The van der Waals surface area contributed by atoms with Gasteiger partial charge in [0, 0.05) is 18.3 Å². The maximum Gasteiger partial charge on any atom is 0.319 e. The summed E-state index contributed by atoms with van der Waals surface area (Å²) in [7, 11) is 0. The SMILES string of the molecule is CC(CCO)NC(=O)Nc1cccc(F)c1. The third-order valence-corrected chi connectivity index (χ3v) is 2.02. The third kappa shape index (κ3) is 4.27. The Morgan fingerprint density at radius 1 is 1.56 bits per heavy atom. The highest BCUT2D eigenvalue weighted by atomic mass is 19.1. The molecule has 0 aliphatic rings. The average molecular weight is 226 g/mol. The van der Waals surface area contributed by atoms with Crippen molar-refractivity contribution in [3.8, 4) is 0 Å². The minimum absolute atomic E-state index is 0.0153. The molecule has 0 saturated carbocycles. The second-order valence-corrected chi connectivity index (χ2v) is 3.52. The van der Waals surface area contributed by atoms with E-state index in [0.29, 0.717) is 12.1 Å². The van der Waals surface area contributed by atoms with Crippen LogP contribution in [0.4, 0.5) is 14.9 Å². The van der Waals surface area contributed by atoms with Crippen LogP contribution in [-0.4, -0.2) is 23.8 Å². The van der Waals surface area contributed by atoms with Gasteiger partial charge in [0.15, 0.2) is 0 Å². The Morgan fingerprint density at radius 2 is 2.31 bits per heavy atom. The van der Waals surface area contributed by atoms with Crippen molar-refractivity contribution in [3.63, 3.8) is 0 Å². The van der Waals surface area contributed by atoms with Crippen LogP contribution < -0.4 is 10.6 Å². The fraction of sp³-hybridized carbons (Fsp3) is 0.364. The Labute approximate surface area is 93.5 Å². The molecule has 0 heterocycles. The van der Waals surface area contributed by atoms with E-state index < -0.39 is 11.8 Å². The van der Waals surface area contributed by atoms with Gasteiger partial charge in [-0.15, -0.1) is 0 Å². The Kier molecular flexibility index (Phi) is 4.72. The quantitative estimate of drug-likeness (QED) is 0.732. The highest BCUT2D eigenvalue weighted by Gasteiger charge is 2.06. The van der Waals surface area contributed by atoms with E-state index in [1.165, 1.54) is 18.2 Å². The van der Waals surface area contributed by atoms with Crippen molar-refractivity contribution >= 4 is 11.7 Å². The number of hydrogen-bond donors (Lipinski definition) is 3. The number of carbonyl (C=O) groups is 1. The molecule has 2 amide bonds. The number of amides is 2. The monoisotopic (exact) mass is 226 g/mol. The molecule has 0 spiro atoms. The van der Waals surface area contributed by atoms with Gasteiger partial charge >= 0.3 is 6.03 Å². The molecule has 1 unspecified atom stereocenters. The van der Waals surface area contributed by atoms with Crippen molar-refractivity contribution in [2.45, 2.75) is 19.4 Å². The molecule has 0 fully saturated rings. The molecule has 4 nitrogen and oxygen atoms in total. The molecule has 0 saturated heterocycles. The molecule has 3 N–H and O–H groups in total. The summed E-state index contributed by atoms with van der Waals surface area (Å²) in [6, 6.07) is 5.11. The summed E-state index contributed by atoms with van der Waals surface area (Å²) < 4.78 is 12.8. The molecule has 0 aliphatic carbocycles. The first-order valence-corrected chi connectivity index (χ1v) is 5.05. The van der Waals surface area contributed by atoms with Gasteiger partial charge in [-0.05, 0) is 31.5 Å². The fourth-order valence-electron chi connectivity index (χ4n) is 1.22. The first-order valence-electron chi connectivity index (χ1n) is 5.05. The topological polar surface area (TPSA) is 61.4 Å². The second-order valence-electron chi connectivity index (χ2n) is 3.52. The van der Waals surface area contributed by atoms with E-state index >= 15 is 0 Å². The summed E-state index contributed by atoms with van der Waals surface area (Å²) in [6.07, 6.45) is 0.483. The van der Waals surface area contributed by atoms with E-state index in [-0.39, 0.29) is 12.6 Å². The average Bonchev–Trinajstić information content (AvgIpc) is 2.17. The van der Waals surface area contributed by atoms with Crippen LogP contribution in [0.25, 0.3) is 0 Å². The van der Waals surface area contributed by atoms with Crippen LogP contribution in [-0.2, 0) is 0 Å². The van der Waals surface area contributed by atoms with Crippen molar-refractivity contribution in [1.29, 1.82) is 0 Å². The van der Waals surface area contributed by atoms with E-state index in [1.54, 1.807) is 13.0 Å². The molecule has 88 valence electrons. The standard InChI is InChI=1S/C11H15FN2O2/c1-8(5-6-15)13-11(16)14-10-4-2-3-9(12)7-10/h2-4,7-8,15H,5-6H2,1H3,(H2,13,14,16). The molecule has 16 heavy (non-hydrogen) atoms. The molecule has 1 aromatic rings. The number of anilines is 1. The Morgan fingerprint density at radius 3 is 2.94 bits per heavy atom. The number of nitrogens with one attached hydrogen (secondary N) is 2. The Balaban J connectivity index is 2.45. The smallest absolute Gasteiger partial charge is 0.319 e. The molecular weight excluding hydrogens is 211 g/mol. The maximum atomic E-state index is 12.8. The number of rotatable bonds is 4. The van der Waals surface area contributed by atoms with Crippen LogP contribution in [0, 0.1) is 5.82 Å². The number of hydrogen-bond acceptors (Lipinski definition) is 2. The van der Waals surface area contributed by atoms with Crippen LogP contribution in [0.15, 0.2) is 24.3 Å². The molecule has 1 rings (SSSR count). The van der Waals surface area contributed by atoms with Crippen LogP contribution in [0.3, 0.4) is 0 Å². The van der Waals surface area contributed by atoms with Gasteiger partial charge in [-0.25, -0.2) is 9.18 Å². The molecule has 1 aromatic carbocycles. The summed E-state index contributed by atoms with van der Waals surface area (Å²) in [5.74, 6) is -0.402. The number of aliphatic hydroxyl groups is 1. The van der Waals surface area contributed by atoms with Crippen LogP contribution in [0.1, 0.15) is 13.3 Å². The summed E-state index contributed by atoms with van der Waals surface area (Å²) in [4.78, 5) is 11.4. The van der Waals surface area contributed by atoms with Gasteiger partial charge in [0.1, 0.15) is 5.82 Å². The molecule has 5 heteroatoms. The minimum atomic E-state index is -0.411. The number of aliphatic hydroxyl groups excluding tert-OH is 1. The zero-order valence-corrected chi connectivity index (χ0v) is 9.03. The van der Waals surface area contributed by atoms with Crippen molar-refractivity contribution in [2.24, 2.45) is 0 Å². The highest BCUT2D eigenvalue weighted by Crippen LogP contribution is 2.08. The number of urea groups is 1. The largest absolute Gasteiger partial charge is 0.396 e. The summed E-state index contributed by atoms with van der Waals surface area (Å²) >= 11 is 0. The summed E-state index contributed by atoms with van der Waals surface area (Å²) in [5.41, 5.74) is 0.397. The normalized spacial score (nSPS) is 11.9. The van der Waals surface area contributed by atoms with Gasteiger partial charge in [0.2, 0.25) is 0 Å². The van der Waals surface area contributed by atoms with Gasteiger partial charge < -0.3 is 15.7 Å². The molecule has 1 atom stereocenters. The van der Waals surface area contributed by atoms with E-state index in [1.807, 2.05) is 0 Å². The van der Waals surface area contributed by atoms with Gasteiger partial charge in [0.05, 0.1) is 0 Å². The third-order valence-electron chi connectivity index (χ3n) is 2.02. The molecule has 0 bridgehead atoms. The van der Waals surface area contributed by atoms with E-state index in [0.717, 1.165) is 0 Å². The first kappa shape index (κ1) is 12.4. The lowest BCUT2D eigenvalue weighted by molar-refractivity contribution is 0.241. The lowest BCUT2D eigenvalue weighted by Gasteiger charge is -2.13. The first-order chi connectivity index (χ1) is 7.61. The highest BCUT2D eigenvalue weighted by molar-refractivity contribution is 5.89. The summed E-state index contributed by atoms with van der Waals surface area (Å²) in [6.45, 7) is 1.79. The van der Waals surface area contributed by atoms with Crippen LogP contribution >= 0.6 is 0 Å². The van der Waals surface area contributed by atoms with E-state index in [2.05, 4.69) is 10.6 Å². The second kappa shape index (κ2) is 6.07. The van der Waals surface area contributed by atoms with E-state index in [4.69, 9.17) is 5.11 Å². The number of benzene rings is 1. The lowest BCUT2D eigenvalue weighted by atomic mass is 10.2. The van der Waals surface area contributed by atoms with Gasteiger partial charge in [-0.3, -0.25) is 0 Å².